The molecule has 0 saturated heterocycles. The van der Waals surface area contributed by atoms with Gasteiger partial charge >= 0.3 is 6.03 Å². The van der Waals surface area contributed by atoms with Crippen molar-refractivity contribution in [3.63, 3.8) is 0 Å². The van der Waals surface area contributed by atoms with E-state index in [0.717, 1.165) is 10.6 Å². The number of rotatable bonds is 2. The van der Waals surface area contributed by atoms with Crippen LogP contribution in [0.15, 0.2) is 0 Å². The van der Waals surface area contributed by atoms with Crippen molar-refractivity contribution in [1.82, 2.24) is 14.9 Å². The molecule has 0 fully saturated rings. The van der Waals surface area contributed by atoms with E-state index in [2.05, 4.69) is 14.9 Å². The topological polar surface area (TPSA) is 80.9 Å². The smallest absolute Gasteiger partial charge is 0.312 e. The lowest BCUT2D eigenvalue weighted by atomic mass is 10.4. The summed E-state index contributed by atoms with van der Waals surface area (Å²) >= 11 is 1.26. The number of aryl methyl sites for hydroxylation is 1. The molecule has 2 amide bonds. The number of nitrogens with zero attached hydrogens (tertiary/aromatic N) is 2. The second kappa shape index (κ2) is 3.29. The van der Waals surface area contributed by atoms with E-state index in [-0.39, 0.29) is 0 Å². The second-order valence-electron chi connectivity index (χ2n) is 2.00. The standard InChI is InChI=1S/C5H8N4OS/c1-3-4(11-9-8-3)2-7-5(6)10/h2H2,1H3,(H3,6,7,10). The third kappa shape index (κ3) is 2.15. The van der Waals surface area contributed by atoms with Crippen LogP contribution >= 0.6 is 11.5 Å². The lowest BCUT2D eigenvalue weighted by Gasteiger charge is -1.96. The molecule has 0 bridgehead atoms. The van der Waals surface area contributed by atoms with Gasteiger partial charge in [0.15, 0.2) is 0 Å². The van der Waals surface area contributed by atoms with Crippen molar-refractivity contribution in [1.29, 1.82) is 0 Å². The monoisotopic (exact) mass is 172 g/mol. The van der Waals surface area contributed by atoms with Crippen LogP contribution < -0.4 is 11.1 Å². The molecule has 0 saturated carbocycles. The number of aromatic nitrogens is 2. The van der Waals surface area contributed by atoms with Crippen LogP contribution in [-0.4, -0.2) is 15.6 Å². The zero-order chi connectivity index (χ0) is 8.27. The van der Waals surface area contributed by atoms with Crippen molar-refractivity contribution >= 4 is 17.6 Å². The van der Waals surface area contributed by atoms with Gasteiger partial charge in [0.05, 0.1) is 17.1 Å². The van der Waals surface area contributed by atoms with Crippen molar-refractivity contribution in [2.75, 3.05) is 0 Å². The van der Waals surface area contributed by atoms with Gasteiger partial charge in [-0.05, 0) is 18.5 Å². The third-order valence-electron chi connectivity index (χ3n) is 1.17. The maximum absolute atomic E-state index is 10.3. The van der Waals surface area contributed by atoms with E-state index in [1.807, 2.05) is 6.92 Å². The number of carbonyl (C=O) groups is 1. The fraction of sp³-hybridized carbons (Fsp3) is 0.400. The van der Waals surface area contributed by atoms with Gasteiger partial charge in [0.2, 0.25) is 0 Å². The van der Waals surface area contributed by atoms with E-state index in [1.165, 1.54) is 11.5 Å². The van der Waals surface area contributed by atoms with Gasteiger partial charge in [-0.15, -0.1) is 5.10 Å². The molecule has 0 unspecified atom stereocenters. The maximum Gasteiger partial charge on any atom is 0.312 e. The zero-order valence-corrected chi connectivity index (χ0v) is 6.81. The van der Waals surface area contributed by atoms with Gasteiger partial charge in [-0.1, -0.05) is 4.49 Å². The predicted octanol–water partition coefficient (Wildman–Crippen LogP) is 0.0148. The molecular weight excluding hydrogens is 164 g/mol. The van der Waals surface area contributed by atoms with Gasteiger partial charge in [-0.3, -0.25) is 0 Å². The van der Waals surface area contributed by atoms with Crippen LogP contribution in [0.2, 0.25) is 0 Å². The number of urea groups is 1. The van der Waals surface area contributed by atoms with Crippen molar-refractivity contribution in [3.8, 4) is 0 Å². The Morgan fingerprint density at radius 1 is 1.82 bits per heavy atom. The Kier molecular flexibility index (Phi) is 2.37. The summed E-state index contributed by atoms with van der Waals surface area (Å²) in [7, 11) is 0. The Balaban J connectivity index is 2.51. The molecule has 11 heavy (non-hydrogen) atoms. The number of nitrogens with two attached hydrogens (primary N) is 1. The summed E-state index contributed by atoms with van der Waals surface area (Å²) < 4.78 is 3.70. The Morgan fingerprint density at radius 3 is 3.00 bits per heavy atom. The Labute approximate surface area is 67.8 Å². The molecule has 0 aliphatic rings. The Morgan fingerprint density at radius 2 is 2.55 bits per heavy atom. The van der Waals surface area contributed by atoms with E-state index >= 15 is 0 Å². The molecule has 1 aromatic heterocycles. The van der Waals surface area contributed by atoms with Crippen LogP contribution in [-0.2, 0) is 6.54 Å². The van der Waals surface area contributed by atoms with E-state index < -0.39 is 6.03 Å². The Bertz CT molecular complexity index is 259. The summed E-state index contributed by atoms with van der Waals surface area (Å²) in [5.74, 6) is 0. The Hall–Kier alpha value is -1.17. The average molecular weight is 172 g/mol. The van der Waals surface area contributed by atoms with Crippen molar-refractivity contribution in [2.24, 2.45) is 5.73 Å². The molecule has 5 nitrogen and oxygen atoms in total. The maximum atomic E-state index is 10.3. The molecule has 0 spiro atoms. The second-order valence-corrected chi connectivity index (χ2v) is 2.84. The summed E-state index contributed by atoms with van der Waals surface area (Å²) in [6, 6.07) is -0.530. The highest BCUT2D eigenvalue weighted by atomic mass is 32.1. The minimum absolute atomic E-state index is 0.416. The average Bonchev–Trinajstić information content (AvgIpc) is 2.31. The first-order valence-corrected chi connectivity index (χ1v) is 3.78. The molecule has 1 rings (SSSR count). The number of hydrogen-bond acceptors (Lipinski definition) is 4. The number of amides is 2. The molecule has 1 aromatic rings. The number of carbonyl (C=O) groups excluding carboxylic acids is 1. The molecular formula is C5H8N4OS. The van der Waals surface area contributed by atoms with Gasteiger partial charge in [0.1, 0.15) is 0 Å². The highest BCUT2D eigenvalue weighted by Gasteiger charge is 2.02. The predicted molar refractivity (Wildman–Crippen MR) is 41.1 cm³/mol. The highest BCUT2D eigenvalue weighted by molar-refractivity contribution is 7.05. The molecule has 1 heterocycles. The number of nitrogens with one attached hydrogen (secondary N) is 1. The molecule has 0 aromatic carbocycles. The van der Waals surface area contributed by atoms with E-state index in [4.69, 9.17) is 5.73 Å². The molecule has 0 aliphatic carbocycles. The fourth-order valence-electron chi connectivity index (χ4n) is 0.580. The van der Waals surface area contributed by atoms with Gasteiger partial charge in [0, 0.05) is 0 Å². The lowest BCUT2D eigenvalue weighted by molar-refractivity contribution is 0.248. The fourth-order valence-corrected chi connectivity index (χ4v) is 1.15. The quantitative estimate of drug-likeness (QED) is 0.659. The molecule has 6 heteroatoms. The third-order valence-corrected chi connectivity index (χ3v) is 1.99. The van der Waals surface area contributed by atoms with Crippen molar-refractivity contribution < 1.29 is 4.79 Å². The summed E-state index contributed by atoms with van der Waals surface area (Å²) in [5.41, 5.74) is 5.71. The minimum Gasteiger partial charge on any atom is -0.352 e. The van der Waals surface area contributed by atoms with Crippen LogP contribution in [0, 0.1) is 6.92 Å². The van der Waals surface area contributed by atoms with Gasteiger partial charge in [-0.2, -0.15) is 0 Å². The summed E-state index contributed by atoms with van der Waals surface area (Å²) in [6.45, 7) is 2.25. The molecule has 0 radical (unpaired) electrons. The first-order valence-electron chi connectivity index (χ1n) is 3.01. The van der Waals surface area contributed by atoms with Crippen LogP contribution in [0.25, 0.3) is 0 Å². The summed E-state index contributed by atoms with van der Waals surface area (Å²) in [5, 5.41) is 6.23. The van der Waals surface area contributed by atoms with E-state index in [9.17, 15) is 4.79 Å². The molecule has 3 N–H and O–H groups in total. The summed E-state index contributed by atoms with van der Waals surface area (Å²) in [4.78, 5) is 11.2. The number of primary amides is 1. The highest BCUT2D eigenvalue weighted by Crippen LogP contribution is 2.07. The number of hydrogen-bond donors (Lipinski definition) is 2. The first kappa shape index (κ1) is 7.93. The van der Waals surface area contributed by atoms with E-state index in [0.29, 0.717) is 6.54 Å². The van der Waals surface area contributed by atoms with Crippen LogP contribution in [0.1, 0.15) is 10.6 Å². The van der Waals surface area contributed by atoms with Crippen LogP contribution in [0.4, 0.5) is 4.79 Å². The molecule has 60 valence electrons. The van der Waals surface area contributed by atoms with Gasteiger partial charge in [0.25, 0.3) is 0 Å². The normalized spacial score (nSPS) is 9.55. The molecule has 0 aliphatic heterocycles. The van der Waals surface area contributed by atoms with Crippen LogP contribution in [0.3, 0.4) is 0 Å². The minimum atomic E-state index is -0.530. The molecule has 0 atom stereocenters. The van der Waals surface area contributed by atoms with Gasteiger partial charge in [-0.25, -0.2) is 4.79 Å². The zero-order valence-electron chi connectivity index (χ0n) is 6.00. The lowest BCUT2D eigenvalue weighted by Crippen LogP contribution is -2.28. The summed E-state index contributed by atoms with van der Waals surface area (Å²) in [6.07, 6.45) is 0. The first-order chi connectivity index (χ1) is 5.20. The van der Waals surface area contributed by atoms with Crippen molar-refractivity contribution in [3.05, 3.63) is 10.6 Å². The van der Waals surface area contributed by atoms with Crippen LogP contribution in [0.5, 0.6) is 0 Å². The van der Waals surface area contributed by atoms with E-state index in [1.54, 1.807) is 0 Å². The largest absolute Gasteiger partial charge is 0.352 e. The van der Waals surface area contributed by atoms with Gasteiger partial charge < -0.3 is 11.1 Å². The van der Waals surface area contributed by atoms with Crippen molar-refractivity contribution in [2.45, 2.75) is 13.5 Å². The SMILES string of the molecule is Cc1nnsc1CNC(N)=O.